The molecular formula is C28H29FN2O5S. The molecule has 9 heteroatoms. The summed E-state index contributed by atoms with van der Waals surface area (Å²) >= 11 is 4.06. The number of esters is 1. The van der Waals surface area contributed by atoms with E-state index in [2.05, 4.69) is 22.9 Å². The molecule has 1 fully saturated rings. The van der Waals surface area contributed by atoms with E-state index < -0.39 is 5.82 Å². The number of benzene rings is 2. The van der Waals surface area contributed by atoms with Gasteiger partial charge in [-0.25, -0.2) is 4.39 Å². The van der Waals surface area contributed by atoms with Crippen LogP contribution in [0, 0.1) is 11.7 Å². The number of hydrogen-bond donors (Lipinski definition) is 2. The van der Waals surface area contributed by atoms with Crippen molar-refractivity contribution in [2.75, 3.05) is 19.5 Å². The molecule has 1 heterocycles. The molecule has 0 saturated heterocycles. The van der Waals surface area contributed by atoms with Crippen LogP contribution in [-0.2, 0) is 22.7 Å². The zero-order chi connectivity index (χ0) is 26.2. The zero-order valence-electron chi connectivity index (χ0n) is 20.5. The van der Waals surface area contributed by atoms with E-state index in [1.807, 2.05) is 12.1 Å². The van der Waals surface area contributed by atoms with Crippen LogP contribution >= 0.6 is 12.6 Å². The minimum absolute atomic E-state index is 0.0558. The Morgan fingerprint density at radius 1 is 1.14 bits per heavy atom. The third-order valence-electron chi connectivity index (χ3n) is 5.93. The quantitative estimate of drug-likeness (QED) is 0.257. The highest BCUT2D eigenvalue weighted by molar-refractivity contribution is 7.80. The molecule has 4 rings (SSSR count). The van der Waals surface area contributed by atoms with Crippen LogP contribution in [-0.4, -0.2) is 36.3 Å². The Morgan fingerprint density at radius 3 is 2.68 bits per heavy atom. The molecule has 194 valence electrons. The number of nitrogens with one attached hydrogen (secondary N) is 1. The van der Waals surface area contributed by atoms with Gasteiger partial charge in [0.2, 0.25) is 0 Å². The van der Waals surface area contributed by atoms with Crippen molar-refractivity contribution in [3.63, 3.8) is 0 Å². The highest BCUT2D eigenvalue weighted by atomic mass is 32.1. The van der Waals surface area contributed by atoms with Crippen LogP contribution in [0.25, 0.3) is 11.3 Å². The Labute approximate surface area is 220 Å². The van der Waals surface area contributed by atoms with E-state index in [0.717, 1.165) is 12.8 Å². The lowest BCUT2D eigenvalue weighted by Gasteiger charge is -2.15. The molecule has 0 bridgehead atoms. The number of hydrogen-bond acceptors (Lipinski definition) is 7. The molecule has 1 saturated carbocycles. The standard InChI is InChI=1S/C28H29FN2O5S/c1-34-25-8-6-19(13-23(25)29)15-31-28(33)22-14-20(7-9-24(22)35-16-18-4-5-18)27-21(3-2-11-30-27)17-36-26(32)10-12-37/h2-3,6-9,11,13-14,18,37H,4-5,10,12,15-17H2,1H3,(H,31,33). The number of aromatic nitrogens is 1. The van der Waals surface area contributed by atoms with Crippen LogP contribution in [0.3, 0.4) is 0 Å². The lowest BCUT2D eigenvalue weighted by atomic mass is 10.0. The summed E-state index contributed by atoms with van der Waals surface area (Å²) in [5, 5.41) is 2.85. The van der Waals surface area contributed by atoms with Gasteiger partial charge in [-0.3, -0.25) is 14.6 Å². The van der Waals surface area contributed by atoms with E-state index in [1.165, 1.54) is 19.2 Å². The van der Waals surface area contributed by atoms with Crippen LogP contribution in [0.15, 0.2) is 54.7 Å². The molecule has 1 aliphatic rings. The molecule has 7 nitrogen and oxygen atoms in total. The molecular weight excluding hydrogens is 495 g/mol. The van der Waals surface area contributed by atoms with Gasteiger partial charge in [-0.05, 0) is 60.7 Å². The average molecular weight is 525 g/mol. The maximum absolute atomic E-state index is 14.1. The molecule has 0 spiro atoms. The summed E-state index contributed by atoms with van der Waals surface area (Å²) in [4.78, 5) is 29.6. The number of pyridine rings is 1. The zero-order valence-corrected chi connectivity index (χ0v) is 21.4. The van der Waals surface area contributed by atoms with Crippen molar-refractivity contribution in [3.8, 4) is 22.8 Å². The summed E-state index contributed by atoms with van der Waals surface area (Å²) in [6.45, 7) is 0.724. The maximum atomic E-state index is 14.1. The van der Waals surface area contributed by atoms with E-state index in [9.17, 15) is 14.0 Å². The van der Waals surface area contributed by atoms with Gasteiger partial charge in [0.1, 0.15) is 12.4 Å². The minimum atomic E-state index is -0.498. The van der Waals surface area contributed by atoms with Gasteiger partial charge in [0.05, 0.1) is 31.4 Å². The molecule has 3 aromatic rings. The van der Waals surface area contributed by atoms with Crippen molar-refractivity contribution in [1.29, 1.82) is 0 Å². The second-order valence-electron chi connectivity index (χ2n) is 8.76. The molecule has 0 aliphatic heterocycles. The van der Waals surface area contributed by atoms with Gasteiger partial charge in [0.25, 0.3) is 5.91 Å². The van der Waals surface area contributed by atoms with Crippen LogP contribution in [0.5, 0.6) is 11.5 Å². The van der Waals surface area contributed by atoms with Gasteiger partial charge in [-0.1, -0.05) is 12.1 Å². The van der Waals surface area contributed by atoms with Crippen LogP contribution in [0.2, 0.25) is 0 Å². The third-order valence-corrected chi connectivity index (χ3v) is 6.16. The van der Waals surface area contributed by atoms with Crippen molar-refractivity contribution in [2.45, 2.75) is 32.4 Å². The Hall–Kier alpha value is -3.59. The van der Waals surface area contributed by atoms with Crippen LogP contribution in [0.4, 0.5) is 4.39 Å². The average Bonchev–Trinajstić information content (AvgIpc) is 3.74. The molecule has 0 atom stereocenters. The summed E-state index contributed by atoms with van der Waals surface area (Å²) in [5.41, 5.74) is 2.93. The van der Waals surface area contributed by atoms with Crippen LogP contribution < -0.4 is 14.8 Å². The fourth-order valence-corrected chi connectivity index (χ4v) is 3.89. The van der Waals surface area contributed by atoms with E-state index in [4.69, 9.17) is 14.2 Å². The monoisotopic (exact) mass is 524 g/mol. The van der Waals surface area contributed by atoms with Crippen molar-refractivity contribution < 1.29 is 28.2 Å². The summed E-state index contributed by atoms with van der Waals surface area (Å²) < 4.78 is 30.4. The molecule has 0 radical (unpaired) electrons. The number of thiol groups is 1. The summed E-state index contributed by atoms with van der Waals surface area (Å²) in [5.74, 6) is 0.315. The number of ether oxygens (including phenoxy) is 3. The second-order valence-corrected chi connectivity index (χ2v) is 9.21. The first-order valence-corrected chi connectivity index (χ1v) is 12.7. The molecule has 1 aromatic heterocycles. The van der Waals surface area contributed by atoms with Crippen molar-refractivity contribution in [2.24, 2.45) is 5.92 Å². The highest BCUT2D eigenvalue weighted by Gasteiger charge is 2.24. The van der Waals surface area contributed by atoms with Gasteiger partial charge >= 0.3 is 5.97 Å². The van der Waals surface area contributed by atoms with Gasteiger partial charge in [0.15, 0.2) is 11.6 Å². The van der Waals surface area contributed by atoms with Gasteiger partial charge in [0, 0.05) is 29.6 Å². The number of halogens is 1. The van der Waals surface area contributed by atoms with Gasteiger partial charge in [-0.15, -0.1) is 0 Å². The van der Waals surface area contributed by atoms with Gasteiger partial charge < -0.3 is 19.5 Å². The summed E-state index contributed by atoms with van der Waals surface area (Å²) in [6.07, 6.45) is 4.09. The number of methoxy groups -OCH3 is 1. The van der Waals surface area contributed by atoms with Gasteiger partial charge in [-0.2, -0.15) is 12.6 Å². The number of carbonyl (C=O) groups excluding carboxylic acids is 2. The lowest BCUT2D eigenvalue weighted by Crippen LogP contribution is -2.24. The van der Waals surface area contributed by atoms with Crippen molar-refractivity contribution in [3.05, 3.63) is 77.2 Å². The number of amides is 1. The molecule has 1 N–H and O–H groups in total. The Kier molecular flexibility index (Phi) is 9.00. The van der Waals surface area contributed by atoms with E-state index in [-0.39, 0.29) is 37.2 Å². The van der Waals surface area contributed by atoms with Crippen molar-refractivity contribution in [1.82, 2.24) is 10.3 Å². The first-order valence-electron chi connectivity index (χ1n) is 12.1. The second kappa shape index (κ2) is 12.6. The lowest BCUT2D eigenvalue weighted by molar-refractivity contribution is -0.144. The van der Waals surface area contributed by atoms with E-state index >= 15 is 0 Å². The summed E-state index contributed by atoms with van der Waals surface area (Å²) in [6, 6.07) is 13.4. The molecule has 1 aliphatic carbocycles. The Morgan fingerprint density at radius 2 is 1.95 bits per heavy atom. The predicted molar refractivity (Wildman–Crippen MR) is 140 cm³/mol. The fourth-order valence-electron chi connectivity index (χ4n) is 3.71. The van der Waals surface area contributed by atoms with Crippen molar-refractivity contribution >= 4 is 24.5 Å². The molecule has 37 heavy (non-hydrogen) atoms. The molecule has 2 aromatic carbocycles. The highest BCUT2D eigenvalue weighted by Crippen LogP contribution is 2.32. The normalized spacial score (nSPS) is 12.6. The number of rotatable bonds is 12. The van der Waals surface area contributed by atoms with Crippen LogP contribution in [0.1, 0.15) is 40.7 Å². The molecule has 1 amide bonds. The Bertz CT molecular complexity index is 1270. The van der Waals surface area contributed by atoms with E-state index in [1.54, 1.807) is 30.5 Å². The predicted octanol–water partition coefficient (Wildman–Crippen LogP) is 4.98. The number of carbonyl (C=O) groups is 2. The maximum Gasteiger partial charge on any atom is 0.306 e. The summed E-state index contributed by atoms with van der Waals surface area (Å²) in [7, 11) is 1.40. The third kappa shape index (κ3) is 7.22. The fraction of sp³-hybridized carbons (Fsp3) is 0.321. The Balaban J connectivity index is 1.56. The topological polar surface area (TPSA) is 86.8 Å². The first kappa shape index (κ1) is 26.5. The number of nitrogens with zero attached hydrogens (tertiary/aromatic N) is 1. The van der Waals surface area contributed by atoms with E-state index in [0.29, 0.717) is 52.0 Å². The largest absolute Gasteiger partial charge is 0.494 e. The smallest absolute Gasteiger partial charge is 0.306 e. The minimum Gasteiger partial charge on any atom is -0.494 e. The first-order chi connectivity index (χ1) is 18.0. The SMILES string of the molecule is COc1ccc(CNC(=O)c2cc(-c3ncccc3COC(=O)CCS)ccc2OCC2CC2)cc1F. The molecule has 0 unspecified atom stereocenters.